The Bertz CT molecular complexity index is 1230. The molecule has 3 aromatic carbocycles. The summed E-state index contributed by atoms with van der Waals surface area (Å²) in [5.41, 5.74) is 1.94. The molecule has 1 fully saturated rings. The zero-order valence-electron chi connectivity index (χ0n) is 18.5. The highest BCUT2D eigenvalue weighted by Crippen LogP contribution is 2.43. The van der Waals surface area contributed by atoms with Crippen LogP contribution in [0, 0.1) is 0 Å². The van der Waals surface area contributed by atoms with Crippen molar-refractivity contribution in [3.05, 3.63) is 130 Å². The van der Waals surface area contributed by atoms with Crippen LogP contribution in [0.2, 0.25) is 0 Å². The predicted octanol–water partition coefficient (Wildman–Crippen LogP) is 4.30. The number of nitrogens with zero attached hydrogens (tertiary/aromatic N) is 2. The van der Waals surface area contributed by atoms with Crippen LogP contribution >= 0.6 is 0 Å². The molecular weight excluding hydrogens is 428 g/mol. The third-order valence-electron chi connectivity index (χ3n) is 6.56. The number of aromatic nitrogens is 2. The van der Waals surface area contributed by atoms with Gasteiger partial charge in [0.25, 0.3) is 5.56 Å². The molecule has 0 saturated carbocycles. The second-order valence-electron chi connectivity index (χ2n) is 8.57. The fourth-order valence-electron chi connectivity index (χ4n) is 4.96. The van der Waals surface area contributed by atoms with Gasteiger partial charge in [-0.3, -0.25) is 9.36 Å². The Hall–Kier alpha value is -3.74. The van der Waals surface area contributed by atoms with Gasteiger partial charge in [-0.15, -0.1) is 0 Å². The Morgan fingerprint density at radius 1 is 0.853 bits per heavy atom. The van der Waals surface area contributed by atoms with Gasteiger partial charge in [0.2, 0.25) is 0 Å². The lowest BCUT2D eigenvalue weighted by atomic mass is 9.80. The second kappa shape index (κ2) is 8.56. The predicted molar refractivity (Wildman–Crippen MR) is 127 cm³/mol. The van der Waals surface area contributed by atoms with Crippen molar-refractivity contribution >= 4 is 0 Å². The van der Waals surface area contributed by atoms with E-state index in [4.69, 9.17) is 14.2 Å². The van der Waals surface area contributed by atoms with Crippen LogP contribution in [0.3, 0.4) is 0 Å². The van der Waals surface area contributed by atoms with Crippen molar-refractivity contribution in [2.24, 2.45) is 0 Å². The quantitative estimate of drug-likeness (QED) is 0.408. The zero-order chi connectivity index (χ0) is 23.0. The van der Waals surface area contributed by atoms with Crippen LogP contribution in [-0.2, 0) is 15.1 Å². The molecule has 170 valence electrons. The Labute approximate surface area is 197 Å². The van der Waals surface area contributed by atoms with E-state index < -0.39 is 5.60 Å². The largest absolute Gasteiger partial charge is 0.458 e. The Balaban J connectivity index is 1.38. The summed E-state index contributed by atoms with van der Waals surface area (Å²) in [7, 11) is 0. The maximum absolute atomic E-state index is 11.7. The van der Waals surface area contributed by atoms with Crippen molar-refractivity contribution in [3.8, 4) is 6.01 Å². The molecule has 6 rings (SSSR count). The Morgan fingerprint density at radius 2 is 1.41 bits per heavy atom. The van der Waals surface area contributed by atoms with Gasteiger partial charge in [0.1, 0.15) is 24.0 Å². The van der Waals surface area contributed by atoms with Gasteiger partial charge < -0.3 is 14.2 Å². The molecule has 2 bridgehead atoms. The summed E-state index contributed by atoms with van der Waals surface area (Å²) in [6.07, 6.45) is 1.59. The SMILES string of the molecule is O=c1ccn2c(n1)OC1CC2OC1COC(c1ccccc1)(c1ccccc1)c1ccccc1. The van der Waals surface area contributed by atoms with Gasteiger partial charge in [0.05, 0.1) is 6.61 Å². The van der Waals surface area contributed by atoms with E-state index in [0.29, 0.717) is 19.0 Å². The fraction of sp³-hybridized carbons (Fsp3) is 0.214. The van der Waals surface area contributed by atoms with E-state index in [1.54, 1.807) is 10.8 Å². The smallest absolute Gasteiger partial charge is 0.302 e. The van der Waals surface area contributed by atoms with Crippen molar-refractivity contribution in [2.45, 2.75) is 30.5 Å². The molecule has 0 N–H and O–H groups in total. The van der Waals surface area contributed by atoms with Gasteiger partial charge in [-0.05, 0) is 16.7 Å². The highest BCUT2D eigenvalue weighted by atomic mass is 16.6. The minimum atomic E-state index is -0.829. The molecule has 2 aliphatic heterocycles. The normalized spacial score (nSPS) is 21.0. The number of hydrogen-bond donors (Lipinski definition) is 0. The monoisotopic (exact) mass is 452 g/mol. The molecule has 0 amide bonds. The van der Waals surface area contributed by atoms with E-state index in [0.717, 1.165) is 16.7 Å². The van der Waals surface area contributed by atoms with Crippen molar-refractivity contribution in [1.82, 2.24) is 9.55 Å². The summed E-state index contributed by atoms with van der Waals surface area (Å²) >= 11 is 0. The van der Waals surface area contributed by atoms with Gasteiger partial charge in [0.15, 0.2) is 0 Å². The highest BCUT2D eigenvalue weighted by molar-refractivity contribution is 5.47. The first kappa shape index (κ1) is 20.8. The highest BCUT2D eigenvalue weighted by Gasteiger charge is 2.45. The molecule has 2 aliphatic rings. The van der Waals surface area contributed by atoms with Gasteiger partial charge in [-0.1, -0.05) is 91.0 Å². The number of rotatable bonds is 6. The summed E-state index contributed by atoms with van der Waals surface area (Å²) in [4.78, 5) is 15.7. The van der Waals surface area contributed by atoms with Crippen LogP contribution < -0.4 is 10.3 Å². The van der Waals surface area contributed by atoms with E-state index in [2.05, 4.69) is 41.4 Å². The molecule has 4 aromatic rings. The van der Waals surface area contributed by atoms with E-state index in [-0.39, 0.29) is 24.0 Å². The first-order chi connectivity index (χ1) is 16.7. The Morgan fingerprint density at radius 3 is 1.97 bits per heavy atom. The number of benzene rings is 3. The van der Waals surface area contributed by atoms with Gasteiger partial charge in [-0.25, -0.2) is 0 Å². The maximum atomic E-state index is 11.7. The molecule has 1 aromatic heterocycles. The zero-order valence-corrected chi connectivity index (χ0v) is 18.5. The molecule has 6 nitrogen and oxygen atoms in total. The second-order valence-corrected chi connectivity index (χ2v) is 8.57. The van der Waals surface area contributed by atoms with Gasteiger partial charge >= 0.3 is 6.01 Å². The van der Waals surface area contributed by atoms with Crippen molar-refractivity contribution < 1.29 is 14.2 Å². The van der Waals surface area contributed by atoms with E-state index >= 15 is 0 Å². The summed E-state index contributed by atoms with van der Waals surface area (Å²) in [5.74, 6) is 0. The summed E-state index contributed by atoms with van der Waals surface area (Å²) < 4.78 is 21.1. The molecule has 3 atom stereocenters. The molecular formula is C28H24N2O4. The van der Waals surface area contributed by atoms with E-state index in [1.165, 1.54) is 6.07 Å². The molecule has 0 spiro atoms. The van der Waals surface area contributed by atoms with Crippen LogP contribution in [-0.4, -0.2) is 28.4 Å². The van der Waals surface area contributed by atoms with Crippen LogP contribution in [0.4, 0.5) is 0 Å². The lowest BCUT2D eigenvalue weighted by Crippen LogP contribution is -2.39. The first-order valence-electron chi connectivity index (χ1n) is 11.5. The average molecular weight is 453 g/mol. The minimum Gasteiger partial charge on any atom is -0.458 e. The van der Waals surface area contributed by atoms with Crippen LogP contribution in [0.5, 0.6) is 6.01 Å². The summed E-state index contributed by atoms with van der Waals surface area (Å²) in [5, 5.41) is 0. The number of hydrogen-bond acceptors (Lipinski definition) is 5. The summed E-state index contributed by atoms with van der Waals surface area (Å²) in [6.45, 7) is 0.304. The lowest BCUT2D eigenvalue weighted by molar-refractivity contribution is -0.0815. The number of ether oxygens (including phenoxy) is 3. The molecule has 0 aliphatic carbocycles. The fourth-order valence-corrected chi connectivity index (χ4v) is 4.96. The molecule has 6 heteroatoms. The van der Waals surface area contributed by atoms with E-state index in [1.807, 2.05) is 54.6 Å². The van der Waals surface area contributed by atoms with Gasteiger partial charge in [-0.2, -0.15) is 4.98 Å². The average Bonchev–Trinajstić information content (AvgIpc) is 3.22. The third kappa shape index (κ3) is 3.52. The van der Waals surface area contributed by atoms with Crippen molar-refractivity contribution in [3.63, 3.8) is 0 Å². The van der Waals surface area contributed by atoms with Crippen LogP contribution in [0.1, 0.15) is 29.3 Å². The minimum absolute atomic E-state index is 0.227. The van der Waals surface area contributed by atoms with Crippen LogP contribution in [0.15, 0.2) is 108 Å². The first-order valence-corrected chi connectivity index (χ1v) is 11.5. The van der Waals surface area contributed by atoms with E-state index in [9.17, 15) is 4.79 Å². The van der Waals surface area contributed by atoms with Crippen LogP contribution in [0.25, 0.3) is 0 Å². The van der Waals surface area contributed by atoms with Crippen molar-refractivity contribution in [1.29, 1.82) is 0 Å². The molecule has 34 heavy (non-hydrogen) atoms. The molecule has 0 radical (unpaired) electrons. The lowest BCUT2D eigenvalue weighted by Gasteiger charge is -2.37. The molecule has 3 unspecified atom stereocenters. The van der Waals surface area contributed by atoms with Gasteiger partial charge in [0, 0.05) is 18.7 Å². The standard InChI is InChI=1S/C28H24N2O4/c31-25-16-17-30-26-18-23(34-27(30)29-25)24(33-26)19-32-28(20-10-4-1-5-11-20,21-12-6-2-7-13-21)22-14-8-3-9-15-22/h1-17,23-24,26H,18-19H2. The summed E-state index contributed by atoms with van der Waals surface area (Å²) in [6, 6.07) is 32.5. The third-order valence-corrected chi connectivity index (χ3v) is 6.56. The molecule has 3 heterocycles. The van der Waals surface area contributed by atoms with Crippen molar-refractivity contribution in [2.75, 3.05) is 6.61 Å². The maximum Gasteiger partial charge on any atom is 0.302 e. The topological polar surface area (TPSA) is 62.6 Å². The molecule has 1 saturated heterocycles. The number of fused-ring (bicyclic) bond motifs is 4. The Kier molecular flexibility index (Phi) is 5.24.